The van der Waals surface area contributed by atoms with Crippen LogP contribution in [-0.2, 0) is 18.8 Å². The van der Waals surface area contributed by atoms with Crippen LogP contribution in [0.4, 0.5) is 0 Å². The second-order valence-electron chi connectivity index (χ2n) is 2.46. The SMILES string of the molecule is CC1CC(C)OS(=O)(=O)O1. The van der Waals surface area contributed by atoms with Crippen LogP contribution in [0, 0.1) is 0 Å². The summed E-state index contributed by atoms with van der Waals surface area (Å²) in [5.41, 5.74) is 0. The minimum Gasteiger partial charge on any atom is -0.245 e. The Kier molecular flexibility index (Phi) is 1.98. The van der Waals surface area contributed by atoms with Crippen LogP contribution in [-0.4, -0.2) is 20.6 Å². The molecule has 2 unspecified atom stereocenters. The van der Waals surface area contributed by atoms with Crippen LogP contribution in [0.3, 0.4) is 0 Å². The molecule has 60 valence electrons. The van der Waals surface area contributed by atoms with Gasteiger partial charge in [-0.25, -0.2) is 8.37 Å². The van der Waals surface area contributed by atoms with Gasteiger partial charge in [-0.3, -0.25) is 0 Å². The fourth-order valence-electron chi connectivity index (χ4n) is 0.971. The summed E-state index contributed by atoms with van der Waals surface area (Å²) >= 11 is 0. The quantitative estimate of drug-likeness (QED) is 0.524. The molecule has 1 fully saturated rings. The topological polar surface area (TPSA) is 52.6 Å². The monoisotopic (exact) mass is 166 g/mol. The van der Waals surface area contributed by atoms with Gasteiger partial charge in [-0.15, -0.1) is 0 Å². The van der Waals surface area contributed by atoms with Crippen molar-refractivity contribution in [2.24, 2.45) is 0 Å². The van der Waals surface area contributed by atoms with Gasteiger partial charge in [0.25, 0.3) is 0 Å². The van der Waals surface area contributed by atoms with E-state index in [0.29, 0.717) is 6.42 Å². The fraction of sp³-hybridized carbons (Fsp3) is 1.00. The second-order valence-corrected chi connectivity index (χ2v) is 3.66. The van der Waals surface area contributed by atoms with Gasteiger partial charge in [0, 0.05) is 6.42 Å². The highest BCUT2D eigenvalue weighted by Crippen LogP contribution is 2.18. The lowest BCUT2D eigenvalue weighted by Gasteiger charge is -2.23. The molecular formula is C5H10O4S. The van der Waals surface area contributed by atoms with E-state index >= 15 is 0 Å². The van der Waals surface area contributed by atoms with Gasteiger partial charge in [-0.1, -0.05) is 0 Å². The number of rotatable bonds is 0. The van der Waals surface area contributed by atoms with E-state index in [2.05, 4.69) is 8.37 Å². The van der Waals surface area contributed by atoms with Crippen LogP contribution >= 0.6 is 0 Å². The van der Waals surface area contributed by atoms with Crippen molar-refractivity contribution in [1.29, 1.82) is 0 Å². The molecule has 0 saturated carbocycles. The van der Waals surface area contributed by atoms with Crippen molar-refractivity contribution in [3.8, 4) is 0 Å². The lowest BCUT2D eigenvalue weighted by atomic mass is 10.2. The van der Waals surface area contributed by atoms with Crippen molar-refractivity contribution in [3.63, 3.8) is 0 Å². The highest BCUT2D eigenvalue weighted by Gasteiger charge is 2.27. The fourth-order valence-corrected chi connectivity index (χ4v) is 1.98. The highest BCUT2D eigenvalue weighted by molar-refractivity contribution is 7.81. The van der Waals surface area contributed by atoms with Crippen LogP contribution < -0.4 is 0 Å². The zero-order chi connectivity index (χ0) is 7.78. The molecule has 0 N–H and O–H groups in total. The average molecular weight is 166 g/mol. The summed E-state index contributed by atoms with van der Waals surface area (Å²) in [4.78, 5) is 0. The van der Waals surface area contributed by atoms with E-state index in [4.69, 9.17) is 0 Å². The van der Waals surface area contributed by atoms with Crippen LogP contribution in [0.1, 0.15) is 20.3 Å². The molecule has 0 aliphatic carbocycles. The van der Waals surface area contributed by atoms with E-state index < -0.39 is 10.4 Å². The van der Waals surface area contributed by atoms with Gasteiger partial charge in [0.15, 0.2) is 0 Å². The molecule has 1 aliphatic rings. The number of hydrogen-bond acceptors (Lipinski definition) is 4. The van der Waals surface area contributed by atoms with Crippen LogP contribution in [0.25, 0.3) is 0 Å². The van der Waals surface area contributed by atoms with Gasteiger partial charge < -0.3 is 0 Å². The molecular weight excluding hydrogens is 156 g/mol. The van der Waals surface area contributed by atoms with Gasteiger partial charge in [0.1, 0.15) is 0 Å². The molecule has 0 amide bonds. The molecule has 1 heterocycles. The molecule has 4 nitrogen and oxygen atoms in total. The van der Waals surface area contributed by atoms with Crippen molar-refractivity contribution in [2.45, 2.75) is 32.5 Å². The molecule has 0 aromatic heterocycles. The maximum Gasteiger partial charge on any atom is 0.400 e. The summed E-state index contributed by atoms with van der Waals surface area (Å²) in [6.45, 7) is 3.41. The van der Waals surface area contributed by atoms with E-state index in [1.54, 1.807) is 13.8 Å². The van der Waals surface area contributed by atoms with Gasteiger partial charge in [0.05, 0.1) is 12.2 Å². The molecule has 0 aromatic rings. The van der Waals surface area contributed by atoms with E-state index in [-0.39, 0.29) is 12.2 Å². The normalized spacial score (nSPS) is 39.4. The van der Waals surface area contributed by atoms with Crippen molar-refractivity contribution in [2.75, 3.05) is 0 Å². The van der Waals surface area contributed by atoms with Crippen LogP contribution in [0.15, 0.2) is 0 Å². The number of hydrogen-bond donors (Lipinski definition) is 0. The summed E-state index contributed by atoms with van der Waals surface area (Å²) in [6, 6.07) is 0. The maximum atomic E-state index is 10.6. The van der Waals surface area contributed by atoms with Crippen LogP contribution in [0.2, 0.25) is 0 Å². The third-order valence-electron chi connectivity index (χ3n) is 1.23. The van der Waals surface area contributed by atoms with E-state index in [1.807, 2.05) is 0 Å². The second kappa shape index (κ2) is 2.48. The van der Waals surface area contributed by atoms with Crippen molar-refractivity contribution >= 4 is 10.4 Å². The Morgan fingerprint density at radius 2 is 1.60 bits per heavy atom. The lowest BCUT2D eigenvalue weighted by molar-refractivity contribution is 0.0586. The maximum absolute atomic E-state index is 10.6. The van der Waals surface area contributed by atoms with Crippen molar-refractivity contribution in [1.82, 2.24) is 0 Å². The first-order chi connectivity index (χ1) is 4.49. The molecule has 1 rings (SSSR count). The van der Waals surface area contributed by atoms with Gasteiger partial charge in [-0.05, 0) is 13.8 Å². The predicted molar refractivity (Wildman–Crippen MR) is 34.6 cm³/mol. The Labute approximate surface area is 60.5 Å². The molecule has 0 aromatic carbocycles. The Bertz CT molecular complexity index is 192. The van der Waals surface area contributed by atoms with E-state index in [0.717, 1.165) is 0 Å². The first-order valence-electron chi connectivity index (χ1n) is 3.11. The van der Waals surface area contributed by atoms with E-state index in [9.17, 15) is 8.42 Å². The third kappa shape index (κ3) is 1.93. The first-order valence-corrected chi connectivity index (χ1v) is 4.44. The summed E-state index contributed by atoms with van der Waals surface area (Å²) in [5.74, 6) is 0. The largest absolute Gasteiger partial charge is 0.400 e. The van der Waals surface area contributed by atoms with Crippen molar-refractivity contribution < 1.29 is 16.8 Å². The van der Waals surface area contributed by atoms with Crippen LogP contribution in [0.5, 0.6) is 0 Å². The molecule has 10 heavy (non-hydrogen) atoms. The first kappa shape index (κ1) is 7.97. The minimum absolute atomic E-state index is 0.256. The summed E-state index contributed by atoms with van der Waals surface area (Å²) < 4.78 is 30.2. The molecule has 0 bridgehead atoms. The summed E-state index contributed by atoms with van der Waals surface area (Å²) in [7, 11) is -3.68. The molecule has 1 saturated heterocycles. The van der Waals surface area contributed by atoms with Crippen molar-refractivity contribution in [3.05, 3.63) is 0 Å². The van der Waals surface area contributed by atoms with E-state index in [1.165, 1.54) is 0 Å². The Morgan fingerprint density at radius 1 is 1.20 bits per heavy atom. The molecule has 2 atom stereocenters. The molecule has 1 aliphatic heterocycles. The summed E-state index contributed by atoms with van der Waals surface area (Å²) in [5, 5.41) is 0. The Hall–Kier alpha value is -0.130. The molecule has 5 heteroatoms. The standard InChI is InChI=1S/C5H10O4S/c1-4-3-5(2)9-10(6,7)8-4/h4-5H,3H2,1-2H3. The smallest absolute Gasteiger partial charge is 0.245 e. The molecule has 0 radical (unpaired) electrons. The van der Waals surface area contributed by atoms with Gasteiger partial charge in [0.2, 0.25) is 0 Å². The average Bonchev–Trinajstić information content (AvgIpc) is 1.54. The minimum atomic E-state index is -3.68. The third-order valence-corrected chi connectivity index (χ3v) is 2.36. The highest BCUT2D eigenvalue weighted by atomic mass is 32.3. The summed E-state index contributed by atoms with van der Waals surface area (Å²) in [6.07, 6.45) is 0.113. The van der Waals surface area contributed by atoms with Gasteiger partial charge in [-0.2, -0.15) is 8.42 Å². The zero-order valence-corrected chi connectivity index (χ0v) is 6.72. The lowest BCUT2D eigenvalue weighted by Crippen LogP contribution is -2.31. The van der Waals surface area contributed by atoms with Gasteiger partial charge >= 0.3 is 10.4 Å². The molecule has 0 spiro atoms. The Morgan fingerprint density at radius 3 is 1.90 bits per heavy atom. The Balaban J connectivity index is 2.69. The zero-order valence-electron chi connectivity index (χ0n) is 5.90. The predicted octanol–water partition coefficient (Wildman–Crippen LogP) is 0.445.